The number of carbonyl (C=O) groups excluding carboxylic acids is 2. The predicted octanol–water partition coefficient (Wildman–Crippen LogP) is 1.30. The van der Waals surface area contributed by atoms with Crippen LogP contribution in [-0.4, -0.2) is 45.4 Å². The molecule has 0 saturated carbocycles. The summed E-state index contributed by atoms with van der Waals surface area (Å²) in [5.74, 6) is -0.369. The summed E-state index contributed by atoms with van der Waals surface area (Å²) < 4.78 is 9.56. The number of methoxy groups -OCH3 is 1. The molecule has 22 heavy (non-hydrogen) atoms. The van der Waals surface area contributed by atoms with E-state index in [2.05, 4.69) is 15.8 Å². The number of rotatable bonds is 5. The second-order valence-corrected chi connectivity index (χ2v) is 4.92. The number of amides is 2. The quantitative estimate of drug-likeness (QED) is 0.633. The summed E-state index contributed by atoms with van der Waals surface area (Å²) in [6.45, 7) is 2.31. The van der Waals surface area contributed by atoms with Gasteiger partial charge in [0.1, 0.15) is 6.61 Å². The van der Waals surface area contributed by atoms with Gasteiger partial charge in [0.15, 0.2) is 0 Å². The summed E-state index contributed by atoms with van der Waals surface area (Å²) in [4.78, 5) is 25.8. The molecule has 0 spiro atoms. The van der Waals surface area contributed by atoms with Crippen LogP contribution in [0.4, 0.5) is 10.5 Å². The Kier molecular flexibility index (Phi) is 6.02. The zero-order chi connectivity index (χ0) is 15.8. The first-order chi connectivity index (χ1) is 10.7. The molecule has 1 aromatic carbocycles. The van der Waals surface area contributed by atoms with Gasteiger partial charge in [-0.2, -0.15) is 0 Å². The highest BCUT2D eigenvalue weighted by Crippen LogP contribution is 2.24. The van der Waals surface area contributed by atoms with Gasteiger partial charge in [-0.3, -0.25) is 10.2 Å². The molecule has 1 aliphatic heterocycles. The van der Waals surface area contributed by atoms with Crippen molar-refractivity contribution in [2.45, 2.75) is 12.8 Å². The highest BCUT2D eigenvalue weighted by Gasteiger charge is 2.19. The van der Waals surface area contributed by atoms with E-state index >= 15 is 0 Å². The third kappa shape index (κ3) is 4.36. The Morgan fingerprint density at radius 3 is 2.59 bits per heavy atom. The standard InChI is InChI=1S/C15H21N3O4/c1-21-10-11-22-15(20)17-16-14(19)12-6-2-3-7-13(12)18-8-4-5-9-18/h2-3,6-7H,4-5,8-11H2,1H3,(H,16,19)(H,17,20). The summed E-state index contributed by atoms with van der Waals surface area (Å²) >= 11 is 0. The highest BCUT2D eigenvalue weighted by molar-refractivity contribution is 6.00. The van der Waals surface area contributed by atoms with Crippen LogP contribution >= 0.6 is 0 Å². The minimum absolute atomic E-state index is 0.128. The minimum Gasteiger partial charge on any atom is -0.446 e. The zero-order valence-electron chi connectivity index (χ0n) is 12.6. The lowest BCUT2D eigenvalue weighted by molar-refractivity contribution is 0.0849. The molecular formula is C15H21N3O4. The van der Waals surface area contributed by atoms with Crippen molar-refractivity contribution in [3.8, 4) is 0 Å². The average molecular weight is 307 g/mol. The van der Waals surface area contributed by atoms with Gasteiger partial charge in [-0.15, -0.1) is 0 Å². The van der Waals surface area contributed by atoms with Gasteiger partial charge in [-0.05, 0) is 25.0 Å². The first-order valence-corrected chi connectivity index (χ1v) is 7.28. The molecule has 1 heterocycles. The lowest BCUT2D eigenvalue weighted by Crippen LogP contribution is -2.42. The summed E-state index contributed by atoms with van der Waals surface area (Å²) in [6, 6.07) is 7.35. The molecule has 1 aromatic rings. The molecule has 0 aromatic heterocycles. The molecule has 120 valence electrons. The number of hydrazine groups is 1. The van der Waals surface area contributed by atoms with Gasteiger partial charge in [-0.1, -0.05) is 12.1 Å². The molecule has 0 aliphatic carbocycles. The van der Waals surface area contributed by atoms with E-state index in [1.165, 1.54) is 7.11 Å². The monoisotopic (exact) mass is 307 g/mol. The molecule has 2 N–H and O–H groups in total. The second-order valence-electron chi connectivity index (χ2n) is 4.92. The van der Waals surface area contributed by atoms with Crippen molar-refractivity contribution in [1.29, 1.82) is 0 Å². The molecular weight excluding hydrogens is 286 g/mol. The predicted molar refractivity (Wildman–Crippen MR) is 81.7 cm³/mol. The number of nitrogens with one attached hydrogen (secondary N) is 2. The van der Waals surface area contributed by atoms with E-state index in [9.17, 15) is 9.59 Å². The van der Waals surface area contributed by atoms with E-state index in [-0.39, 0.29) is 12.5 Å². The summed E-state index contributed by atoms with van der Waals surface area (Å²) in [5.41, 5.74) is 5.99. The van der Waals surface area contributed by atoms with Crippen LogP contribution in [0.5, 0.6) is 0 Å². The van der Waals surface area contributed by atoms with E-state index in [1.807, 2.05) is 12.1 Å². The van der Waals surface area contributed by atoms with Gasteiger partial charge in [0, 0.05) is 25.9 Å². The molecule has 2 amide bonds. The molecule has 0 bridgehead atoms. The van der Waals surface area contributed by atoms with Crippen LogP contribution in [0.3, 0.4) is 0 Å². The van der Waals surface area contributed by atoms with Gasteiger partial charge < -0.3 is 14.4 Å². The van der Waals surface area contributed by atoms with Crippen molar-refractivity contribution < 1.29 is 19.1 Å². The molecule has 0 radical (unpaired) electrons. The summed E-state index contributed by atoms with van der Waals surface area (Å²) in [5, 5.41) is 0. The topological polar surface area (TPSA) is 79.9 Å². The van der Waals surface area contributed by atoms with E-state index < -0.39 is 6.09 Å². The van der Waals surface area contributed by atoms with E-state index in [1.54, 1.807) is 12.1 Å². The number of para-hydroxylation sites is 1. The molecule has 1 saturated heterocycles. The van der Waals surface area contributed by atoms with Crippen LogP contribution in [-0.2, 0) is 9.47 Å². The van der Waals surface area contributed by atoms with Crippen LogP contribution in [0, 0.1) is 0 Å². The number of hydrogen-bond donors (Lipinski definition) is 2. The number of anilines is 1. The molecule has 1 aliphatic rings. The van der Waals surface area contributed by atoms with Gasteiger partial charge in [-0.25, -0.2) is 10.2 Å². The third-order valence-corrected chi connectivity index (χ3v) is 3.39. The molecule has 0 unspecified atom stereocenters. The first-order valence-electron chi connectivity index (χ1n) is 7.28. The van der Waals surface area contributed by atoms with Crippen molar-refractivity contribution in [2.24, 2.45) is 0 Å². The average Bonchev–Trinajstić information content (AvgIpc) is 3.07. The second kappa shape index (κ2) is 8.23. The Morgan fingerprint density at radius 2 is 1.86 bits per heavy atom. The fourth-order valence-electron chi connectivity index (χ4n) is 2.33. The largest absolute Gasteiger partial charge is 0.446 e. The number of carbonyl (C=O) groups is 2. The van der Waals surface area contributed by atoms with Crippen LogP contribution < -0.4 is 15.8 Å². The summed E-state index contributed by atoms with van der Waals surface area (Å²) in [7, 11) is 1.51. The molecule has 7 heteroatoms. The molecule has 7 nitrogen and oxygen atoms in total. The number of ether oxygens (including phenoxy) is 2. The van der Waals surface area contributed by atoms with Crippen molar-refractivity contribution in [2.75, 3.05) is 38.3 Å². The Bertz CT molecular complexity index is 515. The van der Waals surface area contributed by atoms with Crippen LogP contribution in [0.1, 0.15) is 23.2 Å². The maximum atomic E-state index is 12.2. The first kappa shape index (κ1) is 16.1. The lowest BCUT2D eigenvalue weighted by Gasteiger charge is -2.20. The fraction of sp³-hybridized carbons (Fsp3) is 0.467. The maximum absolute atomic E-state index is 12.2. The molecule has 1 fully saturated rings. The van der Waals surface area contributed by atoms with Crippen molar-refractivity contribution in [1.82, 2.24) is 10.9 Å². The minimum atomic E-state index is -0.718. The highest BCUT2D eigenvalue weighted by atomic mass is 16.6. The lowest BCUT2D eigenvalue weighted by atomic mass is 10.1. The Morgan fingerprint density at radius 1 is 1.14 bits per heavy atom. The Hall–Kier alpha value is -2.28. The Labute approximate surface area is 129 Å². The number of benzene rings is 1. The maximum Gasteiger partial charge on any atom is 0.426 e. The van der Waals surface area contributed by atoms with Crippen LogP contribution in [0.2, 0.25) is 0 Å². The van der Waals surface area contributed by atoms with E-state index in [0.29, 0.717) is 12.2 Å². The zero-order valence-corrected chi connectivity index (χ0v) is 12.6. The van der Waals surface area contributed by atoms with Crippen LogP contribution in [0.25, 0.3) is 0 Å². The summed E-state index contributed by atoms with van der Waals surface area (Å²) in [6.07, 6.45) is 1.53. The normalized spacial score (nSPS) is 13.8. The van der Waals surface area contributed by atoms with Gasteiger partial charge in [0.25, 0.3) is 5.91 Å². The molecule has 2 rings (SSSR count). The fourth-order valence-corrected chi connectivity index (χ4v) is 2.33. The molecule has 0 atom stereocenters. The van der Waals surface area contributed by atoms with Crippen molar-refractivity contribution in [3.63, 3.8) is 0 Å². The van der Waals surface area contributed by atoms with Gasteiger partial charge >= 0.3 is 6.09 Å². The number of hydrogen-bond acceptors (Lipinski definition) is 5. The van der Waals surface area contributed by atoms with Gasteiger partial charge in [0.05, 0.1) is 12.2 Å². The van der Waals surface area contributed by atoms with Crippen molar-refractivity contribution >= 4 is 17.7 Å². The SMILES string of the molecule is COCCOC(=O)NNC(=O)c1ccccc1N1CCCC1. The Balaban J connectivity index is 1.91. The number of nitrogens with zero attached hydrogens (tertiary/aromatic N) is 1. The van der Waals surface area contributed by atoms with E-state index in [0.717, 1.165) is 31.6 Å². The van der Waals surface area contributed by atoms with Crippen LogP contribution in [0.15, 0.2) is 24.3 Å². The van der Waals surface area contributed by atoms with Gasteiger partial charge in [0.2, 0.25) is 0 Å². The van der Waals surface area contributed by atoms with E-state index in [4.69, 9.17) is 9.47 Å². The third-order valence-electron chi connectivity index (χ3n) is 3.39. The van der Waals surface area contributed by atoms with Crippen molar-refractivity contribution in [3.05, 3.63) is 29.8 Å². The smallest absolute Gasteiger partial charge is 0.426 e.